The van der Waals surface area contributed by atoms with Gasteiger partial charge in [0.25, 0.3) is 5.56 Å². The summed E-state index contributed by atoms with van der Waals surface area (Å²) in [4.78, 5) is 24.1. The molecule has 0 spiro atoms. The van der Waals surface area contributed by atoms with E-state index in [9.17, 15) is 9.59 Å². The summed E-state index contributed by atoms with van der Waals surface area (Å²) in [7, 11) is 0. The number of carbonyl (C=O) groups excluding carboxylic acids is 1. The first-order chi connectivity index (χ1) is 6.59. The molecule has 0 bridgehead atoms. The Labute approximate surface area is 81.1 Å². The van der Waals surface area contributed by atoms with Gasteiger partial charge in [0.05, 0.1) is 12.0 Å². The summed E-state index contributed by atoms with van der Waals surface area (Å²) in [5, 5.41) is 0. The summed E-state index contributed by atoms with van der Waals surface area (Å²) in [5.41, 5.74) is 5.90. The molecule has 1 aromatic heterocycles. The number of hydrogen-bond donors (Lipinski definition) is 2. The molecule has 1 rings (SSSR count). The van der Waals surface area contributed by atoms with Crippen LogP contribution in [0.1, 0.15) is 17.5 Å². The number of amides is 1. The number of nitrogens with one attached hydrogen (secondary N) is 1. The highest BCUT2D eigenvalue weighted by Gasteiger charge is 1.94. The minimum Gasteiger partial charge on any atom is -0.369 e. The number of pyridine rings is 1. The Bertz CT molecular complexity index is 463. The summed E-state index contributed by atoms with van der Waals surface area (Å²) >= 11 is 0. The molecule has 1 heterocycles. The lowest BCUT2D eigenvalue weighted by atomic mass is 10.2. The van der Waals surface area contributed by atoms with Gasteiger partial charge in [0.15, 0.2) is 0 Å². The van der Waals surface area contributed by atoms with E-state index in [-0.39, 0.29) is 12.0 Å². The Kier molecular flexibility index (Phi) is 3.08. The van der Waals surface area contributed by atoms with E-state index in [1.807, 2.05) is 6.92 Å². The molecule has 1 aromatic rings. The molecule has 1 amide bonds. The Morgan fingerprint density at radius 2 is 2.36 bits per heavy atom. The minimum absolute atomic E-state index is 0.0343. The van der Waals surface area contributed by atoms with Gasteiger partial charge in [-0.15, -0.1) is 0 Å². The van der Waals surface area contributed by atoms with Crippen molar-refractivity contribution in [1.82, 2.24) is 4.98 Å². The van der Waals surface area contributed by atoms with Crippen LogP contribution in [0.15, 0.2) is 17.1 Å². The van der Waals surface area contributed by atoms with Crippen LogP contribution in [0.3, 0.4) is 0 Å². The van der Waals surface area contributed by atoms with Crippen molar-refractivity contribution in [2.45, 2.75) is 13.3 Å². The van der Waals surface area contributed by atoms with E-state index in [1.165, 1.54) is 0 Å². The van der Waals surface area contributed by atoms with Gasteiger partial charge < -0.3 is 10.7 Å². The number of H-pyrrole nitrogens is 1. The standard InChI is InChI=1S/C10H10N2O2/c1-7-5-8(10(14)12-6-7)3-2-4-9(11)13/h5-6H,4H2,1H3,(H2,11,13)(H,12,14). The normalized spacial score (nSPS) is 8.93. The number of primary amides is 1. The minimum atomic E-state index is -0.499. The molecule has 0 aliphatic rings. The number of aryl methyl sites for hydroxylation is 1. The molecule has 0 fully saturated rings. The number of rotatable bonds is 1. The van der Waals surface area contributed by atoms with Crippen LogP contribution in [0.5, 0.6) is 0 Å². The Morgan fingerprint density at radius 1 is 1.64 bits per heavy atom. The monoisotopic (exact) mass is 190 g/mol. The molecule has 0 aliphatic heterocycles. The molecular formula is C10H10N2O2. The van der Waals surface area contributed by atoms with Gasteiger partial charge in [0, 0.05) is 6.20 Å². The van der Waals surface area contributed by atoms with Crippen molar-refractivity contribution in [3.05, 3.63) is 33.7 Å². The molecule has 0 saturated heterocycles. The smallest absolute Gasteiger partial charge is 0.263 e. The molecule has 72 valence electrons. The third kappa shape index (κ3) is 2.79. The Morgan fingerprint density at radius 3 is 3.00 bits per heavy atom. The fourth-order valence-corrected chi connectivity index (χ4v) is 0.911. The summed E-state index contributed by atoms with van der Waals surface area (Å²) in [6, 6.07) is 1.66. The largest absolute Gasteiger partial charge is 0.369 e. The summed E-state index contributed by atoms with van der Waals surface area (Å²) in [6.45, 7) is 1.84. The van der Waals surface area contributed by atoms with Gasteiger partial charge in [-0.1, -0.05) is 11.8 Å². The van der Waals surface area contributed by atoms with Crippen LogP contribution in [0, 0.1) is 18.8 Å². The average molecular weight is 190 g/mol. The first-order valence-electron chi connectivity index (χ1n) is 4.06. The molecule has 4 nitrogen and oxygen atoms in total. The molecule has 4 heteroatoms. The van der Waals surface area contributed by atoms with E-state index < -0.39 is 5.91 Å². The van der Waals surface area contributed by atoms with E-state index in [0.717, 1.165) is 5.56 Å². The number of aromatic nitrogens is 1. The highest BCUT2D eigenvalue weighted by atomic mass is 16.1. The van der Waals surface area contributed by atoms with Gasteiger partial charge in [-0.05, 0) is 18.6 Å². The van der Waals surface area contributed by atoms with Crippen molar-refractivity contribution in [3.63, 3.8) is 0 Å². The zero-order valence-corrected chi connectivity index (χ0v) is 7.76. The fraction of sp³-hybridized carbons (Fsp3) is 0.200. The second-order valence-corrected chi connectivity index (χ2v) is 2.86. The quantitative estimate of drug-likeness (QED) is 0.607. The van der Waals surface area contributed by atoms with Crippen molar-refractivity contribution in [2.75, 3.05) is 0 Å². The lowest BCUT2D eigenvalue weighted by Gasteiger charge is -1.91. The van der Waals surface area contributed by atoms with Crippen molar-refractivity contribution < 1.29 is 4.79 Å². The Hall–Kier alpha value is -2.02. The zero-order valence-electron chi connectivity index (χ0n) is 7.76. The van der Waals surface area contributed by atoms with Crippen LogP contribution in [-0.4, -0.2) is 10.9 Å². The second-order valence-electron chi connectivity index (χ2n) is 2.86. The zero-order chi connectivity index (χ0) is 10.6. The van der Waals surface area contributed by atoms with Gasteiger partial charge in [0.1, 0.15) is 0 Å². The van der Waals surface area contributed by atoms with E-state index >= 15 is 0 Å². The van der Waals surface area contributed by atoms with E-state index in [1.54, 1.807) is 12.3 Å². The molecule has 0 atom stereocenters. The molecule has 14 heavy (non-hydrogen) atoms. The van der Waals surface area contributed by atoms with Crippen molar-refractivity contribution in [1.29, 1.82) is 0 Å². The first kappa shape index (κ1) is 10.1. The number of nitrogens with two attached hydrogens (primary N) is 1. The van der Waals surface area contributed by atoms with Crippen LogP contribution in [-0.2, 0) is 4.79 Å². The SMILES string of the molecule is Cc1c[nH]c(=O)c(C#CCC(N)=O)c1. The topological polar surface area (TPSA) is 75.9 Å². The summed E-state index contributed by atoms with van der Waals surface area (Å²) in [5.74, 6) is 4.62. The highest BCUT2D eigenvalue weighted by Crippen LogP contribution is 1.93. The summed E-state index contributed by atoms with van der Waals surface area (Å²) in [6.07, 6.45) is 1.56. The summed E-state index contributed by atoms with van der Waals surface area (Å²) < 4.78 is 0. The number of hydrogen-bond acceptors (Lipinski definition) is 2. The van der Waals surface area contributed by atoms with Crippen LogP contribution >= 0.6 is 0 Å². The maximum Gasteiger partial charge on any atom is 0.263 e. The lowest BCUT2D eigenvalue weighted by Crippen LogP contribution is -2.10. The van der Waals surface area contributed by atoms with Gasteiger partial charge in [-0.25, -0.2) is 0 Å². The van der Waals surface area contributed by atoms with E-state index in [2.05, 4.69) is 16.8 Å². The van der Waals surface area contributed by atoms with Gasteiger partial charge in [-0.2, -0.15) is 0 Å². The lowest BCUT2D eigenvalue weighted by molar-refractivity contribution is -0.117. The van der Waals surface area contributed by atoms with Crippen LogP contribution in [0.25, 0.3) is 0 Å². The van der Waals surface area contributed by atoms with Gasteiger partial charge in [-0.3, -0.25) is 9.59 Å². The van der Waals surface area contributed by atoms with Crippen molar-refractivity contribution in [2.24, 2.45) is 5.73 Å². The third-order valence-corrected chi connectivity index (χ3v) is 1.53. The van der Waals surface area contributed by atoms with Gasteiger partial charge >= 0.3 is 0 Å². The first-order valence-corrected chi connectivity index (χ1v) is 4.06. The van der Waals surface area contributed by atoms with E-state index in [4.69, 9.17) is 5.73 Å². The number of carbonyl (C=O) groups is 1. The third-order valence-electron chi connectivity index (χ3n) is 1.53. The molecule has 0 saturated carbocycles. The maximum absolute atomic E-state index is 11.2. The molecule has 0 unspecified atom stereocenters. The van der Waals surface area contributed by atoms with Gasteiger partial charge in [0.2, 0.25) is 5.91 Å². The second kappa shape index (κ2) is 4.28. The molecule has 3 N–H and O–H groups in total. The number of aromatic amines is 1. The van der Waals surface area contributed by atoms with Crippen LogP contribution < -0.4 is 11.3 Å². The highest BCUT2D eigenvalue weighted by molar-refractivity contribution is 5.76. The Balaban J connectivity index is 2.94. The van der Waals surface area contributed by atoms with Crippen molar-refractivity contribution >= 4 is 5.91 Å². The van der Waals surface area contributed by atoms with Crippen LogP contribution in [0.2, 0.25) is 0 Å². The van der Waals surface area contributed by atoms with Crippen LogP contribution in [0.4, 0.5) is 0 Å². The molecule has 0 aliphatic carbocycles. The van der Waals surface area contributed by atoms with Crippen molar-refractivity contribution in [3.8, 4) is 11.8 Å². The fourth-order valence-electron chi connectivity index (χ4n) is 0.911. The average Bonchev–Trinajstić information content (AvgIpc) is 2.10. The predicted octanol–water partition coefficient (Wildman–Crippen LogP) is -0.0898. The van der Waals surface area contributed by atoms with E-state index in [0.29, 0.717) is 5.56 Å². The molecule has 0 aromatic carbocycles. The molecular weight excluding hydrogens is 180 g/mol. The molecule has 0 radical (unpaired) electrons. The maximum atomic E-state index is 11.2. The predicted molar refractivity (Wildman–Crippen MR) is 52.5 cm³/mol.